The molecule has 1 unspecified atom stereocenters. The van der Waals surface area contributed by atoms with Crippen LogP contribution in [0.25, 0.3) is 0 Å². The number of hydrogen-bond donors (Lipinski definition) is 1. The first-order chi connectivity index (χ1) is 14.4. The van der Waals surface area contributed by atoms with E-state index in [1.54, 1.807) is 0 Å². The Balaban J connectivity index is 2.92. The van der Waals surface area contributed by atoms with Crippen molar-refractivity contribution in [1.29, 1.82) is 0 Å². The van der Waals surface area contributed by atoms with Crippen LogP contribution in [0.3, 0.4) is 0 Å². The Bertz CT molecular complexity index is 710. The molecule has 6 nitrogen and oxygen atoms in total. The number of ether oxygens (including phenoxy) is 4. The van der Waals surface area contributed by atoms with Crippen LogP contribution in [0.5, 0.6) is 0 Å². The minimum Gasteiger partial charge on any atom is -0.447 e. The number of nitrogens with one attached hydrogen (secondary N) is 1. The number of halogens is 15. The van der Waals surface area contributed by atoms with E-state index in [0.717, 1.165) is 0 Å². The standard InChI is InChI=1S/C12H8F15NO5/c13-6(14,3-30-1-4-2-31-5(29)28-4)32-11(24,25)12(26,27)33-10(22,23)8(17,18)7(15,16)9(19,20)21/h4H,1-3H2,(H,28,29). The highest BCUT2D eigenvalue weighted by Gasteiger charge is 2.85. The highest BCUT2D eigenvalue weighted by atomic mass is 19.4. The Morgan fingerprint density at radius 2 is 1.24 bits per heavy atom. The van der Waals surface area contributed by atoms with Crippen LogP contribution in [-0.4, -0.2) is 74.4 Å². The number of alkyl carbamates (subject to hydrolysis) is 1. The molecule has 0 bridgehead atoms. The summed E-state index contributed by atoms with van der Waals surface area (Å²) in [7, 11) is 0. The summed E-state index contributed by atoms with van der Waals surface area (Å²) in [6.07, 6.45) is -36.1. The molecule has 1 rings (SSSR count). The fourth-order valence-corrected chi connectivity index (χ4v) is 1.76. The zero-order chi connectivity index (χ0) is 26.3. The Morgan fingerprint density at radius 1 is 0.758 bits per heavy atom. The Labute approximate surface area is 170 Å². The van der Waals surface area contributed by atoms with E-state index >= 15 is 0 Å². The highest BCUT2D eigenvalue weighted by Crippen LogP contribution is 2.55. The van der Waals surface area contributed by atoms with E-state index in [1.807, 2.05) is 5.32 Å². The van der Waals surface area contributed by atoms with E-state index in [0.29, 0.717) is 0 Å². The van der Waals surface area contributed by atoms with Crippen molar-refractivity contribution in [2.24, 2.45) is 0 Å². The second-order valence-corrected chi connectivity index (χ2v) is 5.99. The van der Waals surface area contributed by atoms with Gasteiger partial charge in [0.25, 0.3) is 0 Å². The molecular weight excluding hydrogens is 523 g/mol. The van der Waals surface area contributed by atoms with Crippen LogP contribution in [0.15, 0.2) is 0 Å². The van der Waals surface area contributed by atoms with Crippen molar-refractivity contribution in [3.8, 4) is 0 Å². The summed E-state index contributed by atoms with van der Waals surface area (Å²) in [4.78, 5) is 10.6. The van der Waals surface area contributed by atoms with Crippen molar-refractivity contribution in [2.75, 3.05) is 19.8 Å². The molecule has 1 atom stereocenters. The molecule has 1 aliphatic heterocycles. The summed E-state index contributed by atoms with van der Waals surface area (Å²) in [5, 5.41) is 1.92. The van der Waals surface area contributed by atoms with Gasteiger partial charge in [0.15, 0.2) is 0 Å². The van der Waals surface area contributed by atoms with Gasteiger partial charge in [-0.15, -0.1) is 0 Å². The molecule has 0 saturated carbocycles. The topological polar surface area (TPSA) is 66.0 Å². The number of amides is 1. The molecule has 33 heavy (non-hydrogen) atoms. The summed E-state index contributed by atoms with van der Waals surface area (Å²) in [5.41, 5.74) is 0. The number of carbonyl (C=O) groups excluding carboxylic acids is 1. The fraction of sp³-hybridized carbons (Fsp3) is 0.917. The second-order valence-electron chi connectivity index (χ2n) is 5.99. The van der Waals surface area contributed by atoms with Crippen LogP contribution in [0.4, 0.5) is 70.7 Å². The summed E-state index contributed by atoms with van der Waals surface area (Å²) >= 11 is 0. The average molecular weight is 531 g/mol. The largest absolute Gasteiger partial charge is 0.460 e. The van der Waals surface area contributed by atoms with E-state index in [4.69, 9.17) is 0 Å². The lowest BCUT2D eigenvalue weighted by Gasteiger charge is -2.36. The average Bonchev–Trinajstić information content (AvgIpc) is 2.96. The van der Waals surface area contributed by atoms with Crippen molar-refractivity contribution in [2.45, 2.75) is 48.5 Å². The first-order valence-corrected chi connectivity index (χ1v) is 7.63. The fourth-order valence-electron chi connectivity index (χ4n) is 1.76. The summed E-state index contributed by atoms with van der Waals surface area (Å²) in [5.74, 6) is -15.7. The molecule has 0 spiro atoms. The molecule has 196 valence electrons. The molecule has 1 fully saturated rings. The van der Waals surface area contributed by atoms with Gasteiger partial charge in [-0.3, -0.25) is 0 Å². The maximum absolute atomic E-state index is 13.3. The lowest BCUT2D eigenvalue weighted by Crippen LogP contribution is -2.64. The van der Waals surface area contributed by atoms with Crippen LogP contribution < -0.4 is 5.32 Å². The molecule has 0 aliphatic carbocycles. The van der Waals surface area contributed by atoms with Crippen molar-refractivity contribution in [3.05, 3.63) is 0 Å². The third-order valence-corrected chi connectivity index (χ3v) is 3.32. The predicted octanol–water partition coefficient (Wildman–Crippen LogP) is 4.35. The lowest BCUT2D eigenvalue weighted by molar-refractivity contribution is -0.543. The molecule has 1 heterocycles. The SMILES string of the molecule is O=C1NC(COCC(F)(F)OC(F)(F)C(F)(F)OC(F)(F)C(F)(F)C(F)(F)C(F)(F)F)CO1. The highest BCUT2D eigenvalue weighted by molar-refractivity contribution is 5.69. The van der Waals surface area contributed by atoms with Gasteiger partial charge in [-0.25, -0.2) is 14.3 Å². The van der Waals surface area contributed by atoms with Gasteiger partial charge in [0.05, 0.1) is 12.6 Å². The molecular formula is C12H8F15NO5. The van der Waals surface area contributed by atoms with Gasteiger partial charge in [0.2, 0.25) is 0 Å². The van der Waals surface area contributed by atoms with Crippen molar-refractivity contribution in [1.82, 2.24) is 5.32 Å². The van der Waals surface area contributed by atoms with Crippen LogP contribution in [-0.2, 0) is 18.9 Å². The van der Waals surface area contributed by atoms with E-state index < -0.39 is 74.4 Å². The maximum Gasteiger partial charge on any atom is 0.460 e. The Morgan fingerprint density at radius 3 is 1.67 bits per heavy atom. The summed E-state index contributed by atoms with van der Waals surface area (Å²) in [6.45, 7) is -3.76. The van der Waals surface area contributed by atoms with Gasteiger partial charge < -0.3 is 14.8 Å². The maximum atomic E-state index is 13.3. The van der Waals surface area contributed by atoms with E-state index in [-0.39, 0.29) is 0 Å². The first kappa shape index (κ1) is 29.1. The van der Waals surface area contributed by atoms with E-state index in [1.165, 1.54) is 4.74 Å². The van der Waals surface area contributed by atoms with E-state index in [2.05, 4.69) is 14.2 Å². The minimum absolute atomic E-state index is 0.473. The van der Waals surface area contributed by atoms with Gasteiger partial charge >= 0.3 is 48.5 Å². The number of alkyl halides is 15. The number of carbonyl (C=O) groups is 1. The zero-order valence-electron chi connectivity index (χ0n) is 14.9. The molecule has 21 heteroatoms. The quantitative estimate of drug-likeness (QED) is 0.402. The molecule has 0 aromatic carbocycles. The zero-order valence-corrected chi connectivity index (χ0v) is 14.9. The molecule has 1 aliphatic rings. The second kappa shape index (κ2) is 8.71. The monoisotopic (exact) mass is 531 g/mol. The van der Waals surface area contributed by atoms with Gasteiger partial charge in [0, 0.05) is 0 Å². The van der Waals surface area contributed by atoms with Gasteiger partial charge in [-0.1, -0.05) is 0 Å². The first-order valence-electron chi connectivity index (χ1n) is 7.63. The van der Waals surface area contributed by atoms with Crippen LogP contribution in [0, 0.1) is 0 Å². The number of cyclic esters (lactones) is 1. The normalized spacial score (nSPS) is 19.5. The van der Waals surface area contributed by atoms with Gasteiger partial charge in [-0.2, -0.15) is 65.9 Å². The number of hydrogen-bond acceptors (Lipinski definition) is 5. The molecule has 1 amide bonds. The Hall–Kier alpha value is -1.90. The van der Waals surface area contributed by atoms with Crippen LogP contribution in [0.1, 0.15) is 0 Å². The molecule has 0 aromatic heterocycles. The minimum atomic E-state index is -7.92. The van der Waals surface area contributed by atoms with Crippen molar-refractivity contribution in [3.63, 3.8) is 0 Å². The molecule has 1 saturated heterocycles. The summed E-state index contributed by atoms with van der Waals surface area (Å²) < 4.78 is 204. The lowest BCUT2D eigenvalue weighted by atomic mass is 10.1. The van der Waals surface area contributed by atoms with Crippen molar-refractivity contribution < 1.29 is 89.6 Å². The smallest absolute Gasteiger partial charge is 0.447 e. The van der Waals surface area contributed by atoms with Gasteiger partial charge in [0.1, 0.15) is 13.2 Å². The van der Waals surface area contributed by atoms with Gasteiger partial charge in [-0.05, 0) is 0 Å². The predicted molar refractivity (Wildman–Crippen MR) is 67.0 cm³/mol. The number of rotatable bonds is 11. The summed E-state index contributed by atoms with van der Waals surface area (Å²) in [6, 6.07) is -1.13. The van der Waals surface area contributed by atoms with E-state index in [9.17, 15) is 70.7 Å². The van der Waals surface area contributed by atoms with Crippen LogP contribution in [0.2, 0.25) is 0 Å². The molecule has 0 radical (unpaired) electrons. The van der Waals surface area contributed by atoms with Crippen LogP contribution >= 0.6 is 0 Å². The molecule has 1 N–H and O–H groups in total. The molecule has 0 aromatic rings. The Kier molecular flexibility index (Phi) is 7.69. The third-order valence-electron chi connectivity index (χ3n) is 3.32. The third kappa shape index (κ3) is 6.16. The van der Waals surface area contributed by atoms with Crippen molar-refractivity contribution >= 4 is 6.09 Å².